The van der Waals surface area contributed by atoms with E-state index in [0.717, 1.165) is 0 Å². The van der Waals surface area contributed by atoms with Crippen LogP contribution < -0.4 is 5.32 Å². The van der Waals surface area contributed by atoms with Crippen molar-refractivity contribution in [1.82, 2.24) is 25.0 Å². The van der Waals surface area contributed by atoms with Crippen molar-refractivity contribution < 1.29 is 27.6 Å². The number of alkyl halides is 3. The largest absolute Gasteiger partial charge is 0.391 e. The highest BCUT2D eigenvalue weighted by atomic mass is 19.4. The lowest BCUT2D eigenvalue weighted by Crippen LogP contribution is -2.35. The summed E-state index contributed by atoms with van der Waals surface area (Å²) >= 11 is 0. The molecule has 3 aromatic rings. The number of carbonyl (C=O) groups is 1. The zero-order valence-electron chi connectivity index (χ0n) is 19.5. The Morgan fingerprint density at radius 3 is 2.44 bits per heavy atom. The van der Waals surface area contributed by atoms with Crippen LogP contribution in [0.25, 0.3) is 22.8 Å². The standard InChI is InChI=1S/C24H25F3N6O3/c1-33-12-10-23(35,21(33)34)20-13-19(32-36-20)17-4-2-3-16(30-17)18-9-11-28-22(31-18)29-15-7-5-14(6-8-15)24(25,26)27/h2-4,9,11,13-15,35H,5-8,10,12H2,1H3,(H,28,29,31). The van der Waals surface area contributed by atoms with Gasteiger partial charge in [0.15, 0.2) is 5.76 Å². The monoisotopic (exact) mass is 502 g/mol. The van der Waals surface area contributed by atoms with Crippen LogP contribution >= 0.6 is 0 Å². The summed E-state index contributed by atoms with van der Waals surface area (Å²) in [6.07, 6.45) is -1.42. The lowest BCUT2D eigenvalue weighted by molar-refractivity contribution is -0.182. The van der Waals surface area contributed by atoms with Gasteiger partial charge in [-0.1, -0.05) is 11.2 Å². The molecule has 3 aromatic heterocycles. The average molecular weight is 502 g/mol. The lowest BCUT2D eigenvalue weighted by Gasteiger charge is -2.30. The normalized spacial score (nSPS) is 24.8. The summed E-state index contributed by atoms with van der Waals surface area (Å²) in [5.41, 5.74) is 0.122. The molecule has 0 bridgehead atoms. The van der Waals surface area contributed by atoms with Gasteiger partial charge >= 0.3 is 6.18 Å². The van der Waals surface area contributed by atoms with Gasteiger partial charge in [-0.05, 0) is 43.9 Å². The number of carbonyl (C=O) groups excluding carboxylic acids is 1. The second-order valence-electron chi connectivity index (χ2n) is 9.32. The molecule has 2 aliphatic rings. The molecule has 12 heteroatoms. The van der Waals surface area contributed by atoms with E-state index in [9.17, 15) is 23.1 Å². The molecule has 1 saturated heterocycles. The van der Waals surface area contributed by atoms with Crippen LogP contribution in [0.3, 0.4) is 0 Å². The number of nitrogens with one attached hydrogen (secondary N) is 1. The van der Waals surface area contributed by atoms with Gasteiger partial charge in [0.1, 0.15) is 5.69 Å². The van der Waals surface area contributed by atoms with Gasteiger partial charge in [0.05, 0.1) is 23.0 Å². The zero-order valence-corrected chi connectivity index (χ0v) is 19.5. The van der Waals surface area contributed by atoms with Gasteiger partial charge < -0.3 is 19.8 Å². The third-order valence-corrected chi connectivity index (χ3v) is 6.88. The Morgan fingerprint density at radius 2 is 1.78 bits per heavy atom. The fraction of sp³-hybridized carbons (Fsp3) is 0.458. The fourth-order valence-electron chi connectivity index (χ4n) is 4.71. The number of halogens is 3. The minimum atomic E-state index is -4.15. The Labute approximate surface area is 204 Å². The van der Waals surface area contributed by atoms with Crippen molar-refractivity contribution in [1.29, 1.82) is 0 Å². The van der Waals surface area contributed by atoms with Crippen LogP contribution in [0.15, 0.2) is 41.1 Å². The number of nitrogens with zero attached hydrogens (tertiary/aromatic N) is 5. The van der Waals surface area contributed by atoms with Gasteiger partial charge in [0, 0.05) is 38.3 Å². The number of rotatable bonds is 5. The predicted molar refractivity (Wildman–Crippen MR) is 122 cm³/mol. The molecule has 2 fully saturated rings. The number of hydrogen-bond acceptors (Lipinski definition) is 8. The number of aliphatic hydroxyl groups is 1. The van der Waals surface area contributed by atoms with E-state index < -0.39 is 23.6 Å². The fourth-order valence-corrected chi connectivity index (χ4v) is 4.71. The maximum atomic E-state index is 12.9. The van der Waals surface area contributed by atoms with Crippen molar-refractivity contribution in [2.24, 2.45) is 5.92 Å². The number of anilines is 1. The van der Waals surface area contributed by atoms with Crippen LogP contribution in [-0.2, 0) is 10.4 Å². The Kier molecular flexibility index (Phi) is 6.15. The Bertz CT molecular complexity index is 1260. The first-order valence-electron chi connectivity index (χ1n) is 11.7. The first-order valence-corrected chi connectivity index (χ1v) is 11.7. The van der Waals surface area contributed by atoms with E-state index in [2.05, 4.69) is 25.4 Å². The van der Waals surface area contributed by atoms with Crippen LogP contribution in [0.2, 0.25) is 0 Å². The van der Waals surface area contributed by atoms with Gasteiger partial charge in [0.25, 0.3) is 5.91 Å². The minimum Gasteiger partial charge on any atom is -0.373 e. The van der Waals surface area contributed by atoms with Crippen LogP contribution in [0.4, 0.5) is 19.1 Å². The van der Waals surface area contributed by atoms with Crippen LogP contribution in [0.5, 0.6) is 0 Å². The molecule has 2 N–H and O–H groups in total. The third-order valence-electron chi connectivity index (χ3n) is 6.88. The molecule has 36 heavy (non-hydrogen) atoms. The van der Waals surface area contributed by atoms with Gasteiger partial charge in [0.2, 0.25) is 11.5 Å². The number of likely N-dealkylation sites (tertiary alicyclic amines) is 1. The topological polar surface area (TPSA) is 117 Å². The molecule has 1 amide bonds. The molecule has 1 atom stereocenters. The quantitative estimate of drug-likeness (QED) is 0.542. The van der Waals surface area contributed by atoms with Crippen molar-refractivity contribution in [2.75, 3.05) is 18.9 Å². The van der Waals surface area contributed by atoms with E-state index >= 15 is 0 Å². The maximum Gasteiger partial charge on any atom is 0.391 e. The molecule has 0 spiro atoms. The Balaban J connectivity index is 1.31. The van der Waals surface area contributed by atoms with E-state index in [1.807, 2.05) is 0 Å². The van der Waals surface area contributed by atoms with E-state index in [1.54, 1.807) is 37.5 Å². The van der Waals surface area contributed by atoms with Gasteiger partial charge in [-0.3, -0.25) is 4.79 Å². The summed E-state index contributed by atoms with van der Waals surface area (Å²) in [4.78, 5) is 27.1. The zero-order chi connectivity index (χ0) is 25.5. The van der Waals surface area contributed by atoms with Crippen LogP contribution in [0.1, 0.15) is 37.9 Å². The summed E-state index contributed by atoms with van der Waals surface area (Å²) in [5, 5.41) is 17.9. The van der Waals surface area contributed by atoms with E-state index in [4.69, 9.17) is 4.52 Å². The molecule has 1 aliphatic carbocycles. The van der Waals surface area contributed by atoms with Crippen molar-refractivity contribution >= 4 is 11.9 Å². The first-order chi connectivity index (χ1) is 17.1. The number of pyridine rings is 1. The van der Waals surface area contributed by atoms with E-state index in [1.165, 1.54) is 11.0 Å². The van der Waals surface area contributed by atoms with Crippen LogP contribution in [-0.4, -0.2) is 61.8 Å². The van der Waals surface area contributed by atoms with Gasteiger partial charge in [-0.2, -0.15) is 13.2 Å². The highest BCUT2D eigenvalue weighted by molar-refractivity contribution is 5.87. The van der Waals surface area contributed by atoms with Crippen LogP contribution in [0, 0.1) is 5.92 Å². The summed E-state index contributed by atoms with van der Waals surface area (Å²) in [5.74, 6) is -1.31. The van der Waals surface area contributed by atoms with Crippen molar-refractivity contribution in [2.45, 2.75) is 49.9 Å². The average Bonchev–Trinajstić information content (AvgIpc) is 3.47. The SMILES string of the molecule is CN1CCC(O)(c2cc(-c3cccc(-c4ccnc(NC5CCC(C(F)(F)F)CC5)n4)n3)no2)C1=O. The molecule has 1 aliphatic heterocycles. The first kappa shape index (κ1) is 24.2. The molecule has 190 valence electrons. The third kappa shape index (κ3) is 4.64. The second kappa shape index (κ2) is 9.16. The molecule has 4 heterocycles. The Hall–Kier alpha value is -3.54. The summed E-state index contributed by atoms with van der Waals surface area (Å²) in [7, 11) is 1.61. The number of hydrogen-bond donors (Lipinski definition) is 2. The highest BCUT2D eigenvalue weighted by Crippen LogP contribution is 2.38. The highest BCUT2D eigenvalue weighted by Gasteiger charge is 2.48. The predicted octanol–water partition coefficient (Wildman–Crippen LogP) is 3.78. The van der Waals surface area contributed by atoms with Gasteiger partial charge in [-0.15, -0.1) is 0 Å². The Morgan fingerprint density at radius 1 is 1.08 bits per heavy atom. The minimum absolute atomic E-state index is 0.0628. The summed E-state index contributed by atoms with van der Waals surface area (Å²) in [6, 6.07) is 8.30. The maximum absolute atomic E-state index is 12.9. The molecule has 0 aromatic carbocycles. The molecule has 9 nitrogen and oxygen atoms in total. The van der Waals surface area contributed by atoms with Crippen molar-refractivity contribution in [3.05, 3.63) is 42.3 Å². The van der Waals surface area contributed by atoms with Crippen molar-refractivity contribution in [3.63, 3.8) is 0 Å². The molecule has 1 unspecified atom stereocenters. The van der Waals surface area contributed by atoms with E-state index in [0.29, 0.717) is 48.1 Å². The molecule has 1 saturated carbocycles. The molecular formula is C24H25F3N6O3. The number of amides is 1. The molecule has 0 radical (unpaired) electrons. The number of likely N-dealkylation sites (N-methyl/N-ethyl adjacent to an activating group) is 1. The second-order valence-corrected chi connectivity index (χ2v) is 9.32. The smallest absolute Gasteiger partial charge is 0.373 e. The van der Waals surface area contributed by atoms with Crippen molar-refractivity contribution in [3.8, 4) is 22.8 Å². The summed E-state index contributed by atoms with van der Waals surface area (Å²) < 4.78 is 44.1. The van der Waals surface area contributed by atoms with Gasteiger partial charge in [-0.25, -0.2) is 15.0 Å². The molecular weight excluding hydrogens is 477 g/mol. The molecule has 5 rings (SSSR count). The number of aromatic nitrogens is 4. The lowest BCUT2D eigenvalue weighted by atomic mass is 9.86. The van der Waals surface area contributed by atoms with E-state index in [-0.39, 0.29) is 31.1 Å². The summed E-state index contributed by atoms with van der Waals surface area (Å²) in [6.45, 7) is 0.410.